The van der Waals surface area contributed by atoms with Crippen molar-refractivity contribution >= 4 is 0 Å². The van der Waals surface area contributed by atoms with Crippen LogP contribution >= 0.6 is 0 Å². The molecule has 1 aromatic heterocycles. The number of rotatable bonds is 2. The van der Waals surface area contributed by atoms with E-state index in [4.69, 9.17) is 4.74 Å². The number of ether oxygens (including phenoxy) is 1. The lowest BCUT2D eigenvalue weighted by Gasteiger charge is -2.22. The Kier molecular flexibility index (Phi) is 2.93. The normalized spacial score (nSPS) is 30.8. The highest BCUT2D eigenvalue weighted by Crippen LogP contribution is 2.26. The van der Waals surface area contributed by atoms with Gasteiger partial charge in [0, 0.05) is 25.3 Å². The Balaban J connectivity index is 1.71. The van der Waals surface area contributed by atoms with Crippen LogP contribution in [0.1, 0.15) is 43.4 Å². The van der Waals surface area contributed by atoms with Crippen LogP contribution in [0.4, 0.5) is 0 Å². The standard InChI is InChI=1S/C12H19N3O/c1-2-6-16-12(3-1)15-9-11(8-14-15)10-4-5-13-7-10/h8-10,12-13H,1-7H2. The van der Waals surface area contributed by atoms with E-state index in [0.717, 1.165) is 26.1 Å². The van der Waals surface area contributed by atoms with E-state index >= 15 is 0 Å². The lowest BCUT2D eigenvalue weighted by molar-refractivity contribution is -0.0395. The average molecular weight is 221 g/mol. The van der Waals surface area contributed by atoms with Gasteiger partial charge in [0.05, 0.1) is 6.20 Å². The van der Waals surface area contributed by atoms with Gasteiger partial charge >= 0.3 is 0 Å². The number of nitrogens with one attached hydrogen (secondary N) is 1. The summed E-state index contributed by atoms with van der Waals surface area (Å²) >= 11 is 0. The van der Waals surface area contributed by atoms with Crippen molar-refractivity contribution in [3.8, 4) is 0 Å². The summed E-state index contributed by atoms with van der Waals surface area (Å²) < 4.78 is 7.73. The highest BCUT2D eigenvalue weighted by molar-refractivity contribution is 5.13. The average Bonchev–Trinajstić information content (AvgIpc) is 3.01. The molecule has 2 aliphatic heterocycles. The van der Waals surface area contributed by atoms with E-state index in [2.05, 4.69) is 16.6 Å². The molecule has 3 rings (SSSR count). The van der Waals surface area contributed by atoms with Crippen molar-refractivity contribution in [1.82, 2.24) is 15.1 Å². The van der Waals surface area contributed by atoms with E-state index in [1.54, 1.807) is 0 Å². The van der Waals surface area contributed by atoms with Gasteiger partial charge in [-0.2, -0.15) is 5.10 Å². The molecule has 16 heavy (non-hydrogen) atoms. The topological polar surface area (TPSA) is 39.1 Å². The predicted molar refractivity (Wildman–Crippen MR) is 61.3 cm³/mol. The predicted octanol–water partition coefficient (Wildman–Crippen LogP) is 1.66. The summed E-state index contributed by atoms with van der Waals surface area (Å²) in [5.41, 5.74) is 1.36. The molecule has 0 radical (unpaired) electrons. The maximum atomic E-state index is 5.72. The SMILES string of the molecule is c1nn(C2CCCCO2)cc1C1CCNC1. The molecule has 4 heteroatoms. The molecular formula is C12H19N3O. The minimum absolute atomic E-state index is 0.178. The molecule has 2 saturated heterocycles. The van der Waals surface area contributed by atoms with Crippen molar-refractivity contribution in [3.63, 3.8) is 0 Å². The Morgan fingerprint density at radius 1 is 1.38 bits per heavy atom. The van der Waals surface area contributed by atoms with Gasteiger partial charge < -0.3 is 10.1 Å². The smallest absolute Gasteiger partial charge is 0.150 e. The molecule has 2 atom stereocenters. The molecule has 0 aromatic carbocycles. The van der Waals surface area contributed by atoms with Crippen molar-refractivity contribution in [2.75, 3.05) is 19.7 Å². The van der Waals surface area contributed by atoms with E-state index in [9.17, 15) is 0 Å². The Morgan fingerprint density at radius 2 is 2.38 bits per heavy atom. The largest absolute Gasteiger partial charge is 0.357 e. The maximum absolute atomic E-state index is 5.72. The van der Waals surface area contributed by atoms with E-state index in [1.807, 2.05) is 10.9 Å². The molecule has 3 heterocycles. The summed E-state index contributed by atoms with van der Waals surface area (Å²) in [7, 11) is 0. The second-order valence-electron chi connectivity index (χ2n) is 4.76. The third-order valence-corrected chi connectivity index (χ3v) is 3.60. The molecule has 88 valence electrons. The summed E-state index contributed by atoms with van der Waals surface area (Å²) in [6.07, 6.45) is 9.14. The summed E-state index contributed by atoms with van der Waals surface area (Å²) in [4.78, 5) is 0. The minimum atomic E-state index is 0.178. The zero-order valence-electron chi connectivity index (χ0n) is 9.56. The molecule has 2 unspecified atom stereocenters. The molecule has 0 aliphatic carbocycles. The first-order valence-corrected chi connectivity index (χ1v) is 6.30. The Bertz CT molecular complexity index is 338. The van der Waals surface area contributed by atoms with Crippen LogP contribution in [0.3, 0.4) is 0 Å². The van der Waals surface area contributed by atoms with Gasteiger partial charge in [0.2, 0.25) is 0 Å². The molecule has 4 nitrogen and oxygen atoms in total. The number of hydrogen-bond acceptors (Lipinski definition) is 3. The van der Waals surface area contributed by atoms with Crippen LogP contribution in [0, 0.1) is 0 Å². The van der Waals surface area contributed by atoms with Gasteiger partial charge in [0.1, 0.15) is 6.23 Å². The fraction of sp³-hybridized carbons (Fsp3) is 0.750. The van der Waals surface area contributed by atoms with Crippen LogP contribution in [0.15, 0.2) is 12.4 Å². The molecular weight excluding hydrogens is 202 g/mol. The van der Waals surface area contributed by atoms with Gasteiger partial charge in [0.15, 0.2) is 0 Å². The van der Waals surface area contributed by atoms with Crippen molar-refractivity contribution in [3.05, 3.63) is 18.0 Å². The highest BCUT2D eigenvalue weighted by Gasteiger charge is 2.21. The first-order chi connectivity index (χ1) is 7.93. The zero-order valence-corrected chi connectivity index (χ0v) is 9.56. The van der Waals surface area contributed by atoms with E-state index in [1.165, 1.54) is 24.8 Å². The van der Waals surface area contributed by atoms with Crippen molar-refractivity contribution < 1.29 is 4.74 Å². The van der Waals surface area contributed by atoms with Gasteiger partial charge in [-0.1, -0.05) is 0 Å². The van der Waals surface area contributed by atoms with Gasteiger partial charge in [-0.15, -0.1) is 0 Å². The molecule has 1 aromatic rings. The van der Waals surface area contributed by atoms with Crippen LogP contribution in [-0.2, 0) is 4.74 Å². The van der Waals surface area contributed by atoms with Gasteiger partial charge in [-0.25, -0.2) is 4.68 Å². The Labute approximate surface area is 96.0 Å². The third-order valence-electron chi connectivity index (χ3n) is 3.60. The number of hydrogen-bond donors (Lipinski definition) is 1. The lowest BCUT2D eigenvalue weighted by Crippen LogP contribution is -2.18. The van der Waals surface area contributed by atoms with E-state index in [-0.39, 0.29) is 6.23 Å². The third kappa shape index (κ3) is 1.99. The zero-order chi connectivity index (χ0) is 10.8. The van der Waals surface area contributed by atoms with Crippen LogP contribution in [-0.4, -0.2) is 29.5 Å². The molecule has 0 saturated carbocycles. The maximum Gasteiger partial charge on any atom is 0.150 e. The summed E-state index contributed by atoms with van der Waals surface area (Å²) in [6, 6.07) is 0. The van der Waals surface area contributed by atoms with E-state index < -0.39 is 0 Å². The van der Waals surface area contributed by atoms with Crippen LogP contribution in [0.25, 0.3) is 0 Å². The minimum Gasteiger partial charge on any atom is -0.357 e. The van der Waals surface area contributed by atoms with Gasteiger partial charge in [-0.3, -0.25) is 0 Å². The summed E-state index contributed by atoms with van der Waals surface area (Å²) in [5.74, 6) is 0.650. The van der Waals surface area contributed by atoms with Crippen molar-refractivity contribution in [2.24, 2.45) is 0 Å². The molecule has 2 fully saturated rings. The molecule has 2 aliphatic rings. The van der Waals surface area contributed by atoms with Crippen molar-refractivity contribution in [1.29, 1.82) is 0 Å². The second-order valence-corrected chi connectivity index (χ2v) is 4.76. The number of nitrogens with zero attached hydrogens (tertiary/aromatic N) is 2. The van der Waals surface area contributed by atoms with Gasteiger partial charge in [0.25, 0.3) is 0 Å². The lowest BCUT2D eigenvalue weighted by atomic mass is 10.0. The first-order valence-electron chi connectivity index (χ1n) is 6.30. The van der Waals surface area contributed by atoms with Gasteiger partial charge in [-0.05, 0) is 37.8 Å². The monoisotopic (exact) mass is 221 g/mol. The molecule has 0 bridgehead atoms. The Morgan fingerprint density at radius 3 is 3.12 bits per heavy atom. The fourth-order valence-electron chi connectivity index (χ4n) is 2.59. The second kappa shape index (κ2) is 4.55. The quantitative estimate of drug-likeness (QED) is 0.825. The number of aromatic nitrogens is 2. The Hall–Kier alpha value is -0.870. The fourth-order valence-corrected chi connectivity index (χ4v) is 2.59. The molecule has 1 N–H and O–H groups in total. The molecule has 0 amide bonds. The van der Waals surface area contributed by atoms with E-state index in [0.29, 0.717) is 5.92 Å². The van der Waals surface area contributed by atoms with Crippen LogP contribution in [0.2, 0.25) is 0 Å². The summed E-state index contributed by atoms with van der Waals surface area (Å²) in [5, 5.41) is 7.84. The van der Waals surface area contributed by atoms with Crippen LogP contribution in [0.5, 0.6) is 0 Å². The van der Waals surface area contributed by atoms with Crippen molar-refractivity contribution in [2.45, 2.75) is 37.8 Å². The summed E-state index contributed by atoms with van der Waals surface area (Å²) in [6.45, 7) is 3.11. The van der Waals surface area contributed by atoms with Crippen LogP contribution < -0.4 is 5.32 Å². The highest BCUT2D eigenvalue weighted by atomic mass is 16.5. The molecule has 0 spiro atoms. The first kappa shape index (κ1) is 10.3.